The highest BCUT2D eigenvalue weighted by molar-refractivity contribution is 8.02. The first-order chi connectivity index (χ1) is 25.9. The number of thioether (sulfide) groups is 1. The van der Waals surface area contributed by atoms with Crippen molar-refractivity contribution < 1.29 is 55.2 Å². The Hall–Kier alpha value is -3.45. The molecular weight excluding hydrogens is 795 g/mol. The van der Waals surface area contributed by atoms with Crippen LogP contribution in [0, 0.1) is 11.1 Å². The number of hydrogen-bond donors (Lipinski definition) is 0. The fourth-order valence-electron chi connectivity index (χ4n) is 5.84. The summed E-state index contributed by atoms with van der Waals surface area (Å²) in [7, 11) is -4.34. The zero-order valence-corrected chi connectivity index (χ0v) is 31.9. The maximum absolute atomic E-state index is 14.0. The normalized spacial score (nSPS) is 18.7. The van der Waals surface area contributed by atoms with Gasteiger partial charge in [-0.2, -0.15) is 17.8 Å². The van der Waals surface area contributed by atoms with Crippen LogP contribution >= 0.6 is 35.0 Å². The summed E-state index contributed by atoms with van der Waals surface area (Å²) < 4.78 is 83.1. The second-order valence-corrected chi connectivity index (χ2v) is 16.6. The van der Waals surface area contributed by atoms with Gasteiger partial charge < -0.3 is 28.9 Å². The Labute approximate surface area is 325 Å². The minimum Gasteiger partial charge on any atom is -0.619 e. The number of carbonyl (C=O) groups is 2. The highest BCUT2D eigenvalue weighted by atomic mass is 35.5. The third-order valence-electron chi connectivity index (χ3n) is 8.90. The lowest BCUT2D eigenvalue weighted by molar-refractivity contribution is -0.605. The van der Waals surface area contributed by atoms with E-state index in [-0.39, 0.29) is 81.0 Å². The van der Waals surface area contributed by atoms with Crippen molar-refractivity contribution in [2.45, 2.75) is 42.2 Å². The number of hydrogen-bond acceptors (Lipinski definition) is 12. The highest BCUT2D eigenvalue weighted by Gasteiger charge is 2.42. The standard InChI is InChI=1S/C35H37Cl2F2N3O10S2/c36-27-19-41(45)20-28(37)26(27)18-30(23-6-7-29(52-35(38)39)31(17-23)50-21-22-4-5-22)51-34(44)32-42(11-15-53-32)54(46,47)25-3-1-2-24(16-25)33(43)49-14-10-40-8-12-48-13-9-40/h1-3,6-7,16-17,19-20,22,30,32,35H,4-5,8-15,18,21H2/t30-,32?/m0/s1. The molecule has 2 saturated heterocycles. The summed E-state index contributed by atoms with van der Waals surface area (Å²) in [5, 5.41) is 10.6. The van der Waals surface area contributed by atoms with Gasteiger partial charge in [0, 0.05) is 43.9 Å². The summed E-state index contributed by atoms with van der Waals surface area (Å²) >= 11 is 13.8. The van der Waals surface area contributed by atoms with Gasteiger partial charge in [0.25, 0.3) is 0 Å². The number of rotatable bonds is 16. The van der Waals surface area contributed by atoms with Gasteiger partial charge in [-0.25, -0.2) is 18.0 Å². The second kappa shape index (κ2) is 18.0. The maximum atomic E-state index is 14.0. The van der Waals surface area contributed by atoms with Crippen molar-refractivity contribution in [2.75, 3.05) is 58.4 Å². The molecule has 3 fully saturated rings. The van der Waals surface area contributed by atoms with E-state index in [2.05, 4.69) is 9.64 Å². The Morgan fingerprint density at radius 3 is 2.48 bits per heavy atom. The average Bonchev–Trinajstić information content (AvgIpc) is 3.83. The van der Waals surface area contributed by atoms with Gasteiger partial charge >= 0.3 is 18.6 Å². The van der Waals surface area contributed by atoms with Crippen molar-refractivity contribution in [1.82, 2.24) is 9.21 Å². The molecule has 0 bridgehead atoms. The van der Waals surface area contributed by atoms with E-state index < -0.39 is 40.1 Å². The molecule has 13 nitrogen and oxygen atoms in total. The minimum absolute atomic E-state index is 0.0117. The van der Waals surface area contributed by atoms with Crippen LogP contribution in [0.5, 0.6) is 11.5 Å². The van der Waals surface area contributed by atoms with Crippen molar-refractivity contribution in [1.29, 1.82) is 0 Å². The molecule has 3 aliphatic rings. The number of nitrogens with zero attached hydrogens (tertiary/aromatic N) is 3. The van der Waals surface area contributed by atoms with E-state index in [1.165, 1.54) is 42.5 Å². The van der Waals surface area contributed by atoms with Crippen LogP contribution < -0.4 is 14.2 Å². The monoisotopic (exact) mass is 831 g/mol. The Kier molecular flexibility index (Phi) is 13.4. The van der Waals surface area contributed by atoms with Crippen LogP contribution in [0.2, 0.25) is 10.0 Å². The van der Waals surface area contributed by atoms with Crippen molar-refractivity contribution in [3.8, 4) is 11.5 Å². The molecule has 0 amide bonds. The number of ether oxygens (including phenoxy) is 5. The molecule has 0 radical (unpaired) electrons. The van der Waals surface area contributed by atoms with Crippen molar-refractivity contribution in [3.63, 3.8) is 0 Å². The number of halogens is 4. The van der Waals surface area contributed by atoms with E-state index in [0.717, 1.165) is 54.4 Å². The highest BCUT2D eigenvalue weighted by Crippen LogP contribution is 2.39. The lowest BCUT2D eigenvalue weighted by Gasteiger charge is -2.26. The molecule has 0 spiro atoms. The number of morpholine rings is 1. The zero-order valence-electron chi connectivity index (χ0n) is 28.7. The Morgan fingerprint density at radius 2 is 1.78 bits per heavy atom. The third kappa shape index (κ3) is 10.2. The van der Waals surface area contributed by atoms with Crippen molar-refractivity contribution in [3.05, 3.63) is 86.8 Å². The average molecular weight is 833 g/mol. The molecule has 3 heterocycles. The number of benzene rings is 2. The van der Waals surface area contributed by atoms with Gasteiger partial charge in [0.05, 0.1) is 30.3 Å². The molecule has 54 heavy (non-hydrogen) atoms. The molecule has 3 aromatic rings. The topological polar surface area (TPSA) is 148 Å². The van der Waals surface area contributed by atoms with E-state index in [4.69, 9.17) is 42.1 Å². The summed E-state index contributed by atoms with van der Waals surface area (Å²) in [6.45, 7) is 0.335. The summed E-state index contributed by atoms with van der Waals surface area (Å²) in [5.74, 6) is -1.34. The summed E-state index contributed by atoms with van der Waals surface area (Å²) in [6, 6.07) is 9.45. The molecule has 1 aromatic heterocycles. The molecule has 19 heteroatoms. The van der Waals surface area contributed by atoms with E-state index in [9.17, 15) is 32.0 Å². The number of carbonyl (C=O) groups excluding carboxylic acids is 2. The maximum Gasteiger partial charge on any atom is 0.387 e. The number of pyridine rings is 1. The molecule has 6 rings (SSSR count). The van der Waals surface area contributed by atoms with Crippen LogP contribution in [0.15, 0.2) is 59.8 Å². The molecule has 2 aliphatic heterocycles. The van der Waals surface area contributed by atoms with Crippen LogP contribution in [0.1, 0.15) is 40.4 Å². The lowest BCUT2D eigenvalue weighted by atomic mass is 10.0. The predicted octanol–water partition coefficient (Wildman–Crippen LogP) is 5.10. The van der Waals surface area contributed by atoms with Crippen molar-refractivity contribution in [2.24, 2.45) is 5.92 Å². The van der Waals surface area contributed by atoms with E-state index in [0.29, 0.717) is 24.5 Å². The summed E-state index contributed by atoms with van der Waals surface area (Å²) in [5.41, 5.74) is 0.548. The quantitative estimate of drug-likeness (QED) is 0.108. The number of sulfonamides is 1. The van der Waals surface area contributed by atoms with Crippen LogP contribution in [-0.4, -0.2) is 99.9 Å². The first kappa shape index (κ1) is 40.2. The van der Waals surface area contributed by atoms with Gasteiger partial charge in [0.2, 0.25) is 10.0 Å². The Balaban J connectivity index is 1.22. The van der Waals surface area contributed by atoms with Crippen molar-refractivity contribution >= 4 is 56.9 Å². The summed E-state index contributed by atoms with van der Waals surface area (Å²) in [6.07, 6.45) is 2.61. The fraction of sp³-hybridized carbons (Fsp3) is 0.457. The van der Waals surface area contributed by atoms with E-state index >= 15 is 0 Å². The number of esters is 2. The Bertz CT molecular complexity index is 1910. The SMILES string of the molecule is O=C(OCCN1CCOCC1)c1cccc(S(=O)(=O)N2CCSC2C(=O)O[C@@H](Cc2c(Cl)c[n+]([O-])cc2Cl)c2ccc(OC(F)F)c(OCC3CC3)c2)c1. The van der Waals surface area contributed by atoms with Gasteiger partial charge in [0.15, 0.2) is 29.3 Å². The first-order valence-corrected chi connectivity index (χ1v) is 20.3. The lowest BCUT2D eigenvalue weighted by Crippen LogP contribution is -2.40. The van der Waals surface area contributed by atoms with Crippen LogP contribution in [-0.2, 0) is 35.4 Å². The molecule has 1 unspecified atom stereocenters. The van der Waals surface area contributed by atoms with Gasteiger partial charge in [-0.1, -0.05) is 35.3 Å². The smallest absolute Gasteiger partial charge is 0.387 e. The summed E-state index contributed by atoms with van der Waals surface area (Å²) in [4.78, 5) is 28.7. The number of aromatic nitrogens is 1. The third-order valence-corrected chi connectivity index (χ3v) is 12.7. The minimum atomic E-state index is -4.34. The van der Waals surface area contributed by atoms with Gasteiger partial charge in [-0.05, 0) is 54.7 Å². The molecule has 1 aliphatic carbocycles. The molecule has 0 N–H and O–H groups in total. The fourth-order valence-corrected chi connectivity index (χ4v) is 9.53. The van der Waals surface area contributed by atoms with Gasteiger partial charge in [-0.15, -0.1) is 11.8 Å². The predicted molar refractivity (Wildman–Crippen MR) is 193 cm³/mol. The van der Waals surface area contributed by atoms with E-state index in [1.54, 1.807) is 0 Å². The Morgan fingerprint density at radius 1 is 1.04 bits per heavy atom. The van der Waals surface area contributed by atoms with Crippen LogP contribution in [0.25, 0.3) is 0 Å². The molecule has 2 atom stereocenters. The largest absolute Gasteiger partial charge is 0.619 e. The number of alkyl halides is 2. The zero-order chi connectivity index (χ0) is 38.4. The van der Waals surface area contributed by atoms with E-state index in [1.807, 2.05) is 0 Å². The van der Waals surface area contributed by atoms with Gasteiger partial charge in [0.1, 0.15) is 22.8 Å². The van der Waals surface area contributed by atoms with Crippen LogP contribution in [0.3, 0.4) is 0 Å². The molecule has 292 valence electrons. The molecule has 1 saturated carbocycles. The molecule has 2 aromatic carbocycles. The first-order valence-electron chi connectivity index (χ1n) is 17.1. The van der Waals surface area contributed by atoms with Crippen LogP contribution in [0.4, 0.5) is 8.78 Å². The second-order valence-electron chi connectivity index (χ2n) is 12.7. The molecular formula is C35H37Cl2F2N3O10S2. The van der Waals surface area contributed by atoms with Gasteiger partial charge in [-0.3, -0.25) is 4.90 Å².